The molecule has 4 rings (SSSR count). The second kappa shape index (κ2) is 6.63. The molecule has 3 aliphatic rings. The summed E-state index contributed by atoms with van der Waals surface area (Å²) in [7, 11) is 0. The summed E-state index contributed by atoms with van der Waals surface area (Å²) >= 11 is 0. The maximum absolute atomic E-state index is 12.7. The van der Waals surface area contributed by atoms with E-state index < -0.39 is 0 Å². The number of aliphatic hydroxyl groups is 1. The van der Waals surface area contributed by atoms with Gasteiger partial charge in [0.25, 0.3) is 5.91 Å². The zero-order chi connectivity index (χ0) is 17.4. The molecule has 0 unspecified atom stereocenters. The SMILES string of the molecule is NCCO[C@@H]1C[C@H](O)C12CCN(C(=O)c1cnc(C3CC3)nc1)CC2. The first kappa shape index (κ1) is 16.9. The van der Waals surface area contributed by atoms with Crippen LogP contribution >= 0.6 is 0 Å². The lowest BCUT2D eigenvalue weighted by Gasteiger charge is -2.56. The number of nitrogens with zero attached hydrogens (tertiary/aromatic N) is 3. The Morgan fingerprint density at radius 3 is 2.56 bits per heavy atom. The van der Waals surface area contributed by atoms with Crippen molar-refractivity contribution >= 4 is 5.91 Å². The average Bonchev–Trinajstić information content (AvgIpc) is 3.50. The van der Waals surface area contributed by atoms with Crippen molar-refractivity contribution in [1.82, 2.24) is 14.9 Å². The Balaban J connectivity index is 1.36. The molecule has 136 valence electrons. The number of nitrogens with two attached hydrogens (primary N) is 1. The van der Waals surface area contributed by atoms with Crippen LogP contribution in [0.4, 0.5) is 0 Å². The van der Waals surface area contributed by atoms with Gasteiger partial charge in [-0.3, -0.25) is 4.79 Å². The highest BCUT2D eigenvalue weighted by atomic mass is 16.5. The van der Waals surface area contributed by atoms with Crippen molar-refractivity contribution in [3.8, 4) is 0 Å². The number of piperidine rings is 1. The Morgan fingerprint density at radius 1 is 1.32 bits per heavy atom. The van der Waals surface area contributed by atoms with E-state index in [1.165, 1.54) is 0 Å². The Hall–Kier alpha value is -1.57. The summed E-state index contributed by atoms with van der Waals surface area (Å²) in [5, 5.41) is 10.3. The van der Waals surface area contributed by atoms with Crippen LogP contribution in [-0.4, -0.2) is 64.3 Å². The molecule has 1 aromatic rings. The van der Waals surface area contributed by atoms with Gasteiger partial charge >= 0.3 is 0 Å². The quantitative estimate of drug-likeness (QED) is 0.813. The molecule has 1 saturated heterocycles. The largest absolute Gasteiger partial charge is 0.392 e. The molecule has 1 amide bonds. The van der Waals surface area contributed by atoms with Crippen LogP contribution < -0.4 is 5.73 Å². The monoisotopic (exact) mass is 346 g/mol. The standard InChI is InChI=1S/C18H26N4O3/c19-5-8-25-15-9-14(23)18(15)3-6-22(7-4-18)17(24)13-10-20-16(21-11-13)12-1-2-12/h10-12,14-15,23H,1-9,19H2/t14-,15+/m0/s1. The van der Waals surface area contributed by atoms with Crippen LogP contribution in [-0.2, 0) is 4.74 Å². The number of ether oxygens (including phenoxy) is 1. The normalized spacial score (nSPS) is 28.0. The van der Waals surface area contributed by atoms with E-state index in [1.54, 1.807) is 12.4 Å². The lowest BCUT2D eigenvalue weighted by atomic mass is 9.58. The molecular weight excluding hydrogens is 320 g/mol. The minimum Gasteiger partial charge on any atom is -0.392 e. The van der Waals surface area contributed by atoms with Crippen LogP contribution in [0.3, 0.4) is 0 Å². The molecule has 2 aliphatic carbocycles. The molecule has 2 saturated carbocycles. The van der Waals surface area contributed by atoms with Crippen LogP contribution in [0.15, 0.2) is 12.4 Å². The minimum atomic E-state index is -0.339. The van der Waals surface area contributed by atoms with Gasteiger partial charge in [0, 0.05) is 49.8 Å². The fraction of sp³-hybridized carbons (Fsp3) is 0.722. The number of rotatable bonds is 5. The number of aliphatic hydroxyl groups excluding tert-OH is 1. The third kappa shape index (κ3) is 3.05. The van der Waals surface area contributed by atoms with Gasteiger partial charge < -0.3 is 20.5 Å². The molecule has 2 atom stereocenters. The van der Waals surface area contributed by atoms with Gasteiger partial charge in [0.15, 0.2) is 0 Å². The van der Waals surface area contributed by atoms with Gasteiger partial charge in [-0.05, 0) is 25.7 Å². The van der Waals surface area contributed by atoms with Gasteiger partial charge in [-0.1, -0.05) is 0 Å². The van der Waals surface area contributed by atoms with E-state index >= 15 is 0 Å². The van der Waals surface area contributed by atoms with Crippen molar-refractivity contribution in [2.45, 2.75) is 50.2 Å². The van der Waals surface area contributed by atoms with E-state index in [2.05, 4.69) is 9.97 Å². The summed E-state index contributed by atoms with van der Waals surface area (Å²) in [4.78, 5) is 23.2. The van der Waals surface area contributed by atoms with E-state index in [4.69, 9.17) is 10.5 Å². The number of aromatic nitrogens is 2. The Kier molecular flexibility index (Phi) is 4.47. The van der Waals surface area contributed by atoms with E-state index in [9.17, 15) is 9.90 Å². The molecule has 1 aliphatic heterocycles. The predicted molar refractivity (Wildman–Crippen MR) is 91.0 cm³/mol. The number of carbonyl (C=O) groups is 1. The number of hydrogen-bond acceptors (Lipinski definition) is 6. The molecule has 0 aromatic carbocycles. The lowest BCUT2D eigenvalue weighted by molar-refractivity contribution is -0.207. The molecule has 7 nitrogen and oxygen atoms in total. The van der Waals surface area contributed by atoms with Crippen molar-refractivity contribution in [2.75, 3.05) is 26.2 Å². The van der Waals surface area contributed by atoms with Crippen molar-refractivity contribution in [3.63, 3.8) is 0 Å². The van der Waals surface area contributed by atoms with E-state index in [-0.39, 0.29) is 23.5 Å². The van der Waals surface area contributed by atoms with Gasteiger partial charge in [-0.2, -0.15) is 0 Å². The maximum Gasteiger partial charge on any atom is 0.256 e. The van der Waals surface area contributed by atoms with Crippen LogP contribution in [0.5, 0.6) is 0 Å². The number of carbonyl (C=O) groups excluding carboxylic acids is 1. The summed E-state index contributed by atoms with van der Waals surface area (Å²) in [6, 6.07) is 0. The predicted octanol–water partition coefficient (Wildman–Crippen LogP) is 0.685. The number of likely N-dealkylation sites (tertiary alicyclic amines) is 1. The molecular formula is C18H26N4O3. The Morgan fingerprint density at radius 2 is 2.00 bits per heavy atom. The zero-order valence-corrected chi connectivity index (χ0v) is 14.4. The molecule has 1 aromatic heterocycles. The van der Waals surface area contributed by atoms with E-state index in [0.29, 0.717) is 44.1 Å². The number of hydrogen-bond donors (Lipinski definition) is 2. The smallest absolute Gasteiger partial charge is 0.256 e. The summed E-state index contributed by atoms with van der Waals surface area (Å²) in [5.74, 6) is 1.32. The third-order valence-electron chi connectivity index (χ3n) is 6.02. The van der Waals surface area contributed by atoms with Crippen molar-refractivity contribution in [1.29, 1.82) is 0 Å². The van der Waals surface area contributed by atoms with Gasteiger partial charge in [-0.25, -0.2) is 9.97 Å². The fourth-order valence-corrected chi connectivity index (χ4v) is 4.14. The minimum absolute atomic E-state index is 0.0227. The fourth-order valence-electron chi connectivity index (χ4n) is 4.14. The van der Waals surface area contributed by atoms with Crippen LogP contribution in [0.2, 0.25) is 0 Å². The van der Waals surface area contributed by atoms with E-state index in [1.807, 2.05) is 4.90 Å². The van der Waals surface area contributed by atoms with E-state index in [0.717, 1.165) is 31.5 Å². The van der Waals surface area contributed by atoms with Crippen LogP contribution in [0.25, 0.3) is 0 Å². The molecule has 0 bridgehead atoms. The van der Waals surface area contributed by atoms with Gasteiger partial charge in [-0.15, -0.1) is 0 Å². The lowest BCUT2D eigenvalue weighted by Crippen LogP contribution is -2.62. The first-order chi connectivity index (χ1) is 12.1. The molecule has 2 heterocycles. The molecule has 0 radical (unpaired) electrons. The maximum atomic E-state index is 12.7. The third-order valence-corrected chi connectivity index (χ3v) is 6.02. The topological polar surface area (TPSA) is 102 Å². The highest BCUT2D eigenvalue weighted by Gasteiger charge is 2.56. The van der Waals surface area contributed by atoms with Gasteiger partial charge in [0.05, 0.1) is 24.4 Å². The first-order valence-corrected chi connectivity index (χ1v) is 9.25. The molecule has 3 fully saturated rings. The summed E-state index contributed by atoms with van der Waals surface area (Å²) in [5.41, 5.74) is 5.85. The molecule has 3 N–H and O–H groups in total. The highest BCUT2D eigenvalue weighted by Crippen LogP contribution is 2.51. The van der Waals surface area contributed by atoms with Crippen LogP contribution in [0, 0.1) is 5.41 Å². The second-order valence-electron chi connectivity index (χ2n) is 7.53. The Bertz CT molecular complexity index is 624. The highest BCUT2D eigenvalue weighted by molar-refractivity contribution is 5.93. The summed E-state index contributed by atoms with van der Waals surface area (Å²) in [6.45, 7) is 2.27. The second-order valence-corrected chi connectivity index (χ2v) is 7.53. The molecule has 25 heavy (non-hydrogen) atoms. The molecule has 1 spiro atoms. The summed E-state index contributed by atoms with van der Waals surface area (Å²) < 4.78 is 5.80. The summed E-state index contributed by atoms with van der Waals surface area (Å²) in [6.07, 6.45) is 7.51. The van der Waals surface area contributed by atoms with Gasteiger partial charge in [0.1, 0.15) is 5.82 Å². The average molecular weight is 346 g/mol. The van der Waals surface area contributed by atoms with Crippen molar-refractivity contribution in [2.24, 2.45) is 11.1 Å². The Labute approximate surface area is 147 Å². The number of amides is 1. The van der Waals surface area contributed by atoms with Crippen molar-refractivity contribution in [3.05, 3.63) is 23.8 Å². The van der Waals surface area contributed by atoms with Crippen LogP contribution in [0.1, 0.15) is 54.2 Å². The molecule has 7 heteroatoms. The van der Waals surface area contributed by atoms with Gasteiger partial charge in [0.2, 0.25) is 0 Å². The first-order valence-electron chi connectivity index (χ1n) is 9.25. The van der Waals surface area contributed by atoms with Crippen molar-refractivity contribution < 1.29 is 14.6 Å². The zero-order valence-electron chi connectivity index (χ0n) is 14.4.